The van der Waals surface area contributed by atoms with Gasteiger partial charge in [-0.2, -0.15) is 0 Å². The molecule has 0 radical (unpaired) electrons. The number of benzene rings is 2. The molecule has 0 aliphatic heterocycles. The summed E-state index contributed by atoms with van der Waals surface area (Å²) in [6.45, 7) is 3.34. The maximum absolute atomic E-state index is 12.4. The molecule has 0 saturated carbocycles. The van der Waals surface area contributed by atoms with Gasteiger partial charge in [-0.25, -0.2) is 0 Å². The number of hydrogen-bond acceptors (Lipinski definition) is 4. The van der Waals surface area contributed by atoms with Crippen LogP contribution in [0.3, 0.4) is 0 Å². The highest BCUT2D eigenvalue weighted by Gasteiger charge is 2.10. The van der Waals surface area contributed by atoms with Crippen molar-refractivity contribution in [2.75, 3.05) is 32.2 Å². The number of amides is 2. The summed E-state index contributed by atoms with van der Waals surface area (Å²) in [5, 5.41) is 5.53. The van der Waals surface area contributed by atoms with Gasteiger partial charge in [0.2, 0.25) is 0 Å². The molecule has 0 unspecified atom stereocenters. The number of ether oxygens (including phenoxy) is 2. The van der Waals surface area contributed by atoms with E-state index in [2.05, 4.69) is 26.6 Å². The van der Waals surface area contributed by atoms with Gasteiger partial charge in [0.05, 0.1) is 11.1 Å². The summed E-state index contributed by atoms with van der Waals surface area (Å²) in [5.74, 6) is 0.253. The van der Waals surface area contributed by atoms with Crippen LogP contribution in [-0.2, 0) is 4.74 Å². The van der Waals surface area contributed by atoms with Crippen LogP contribution in [0.2, 0.25) is 0 Å². The van der Waals surface area contributed by atoms with Crippen LogP contribution in [0.15, 0.2) is 46.9 Å². The first kappa shape index (κ1) is 19.9. The third kappa shape index (κ3) is 5.57. The molecule has 0 spiro atoms. The Labute approximate surface area is 161 Å². The third-order valence-electron chi connectivity index (χ3n) is 3.48. The predicted molar refractivity (Wildman–Crippen MR) is 104 cm³/mol. The Bertz CT molecular complexity index is 763. The van der Waals surface area contributed by atoms with Crippen LogP contribution in [0.25, 0.3) is 0 Å². The van der Waals surface area contributed by atoms with Crippen molar-refractivity contribution >= 4 is 33.4 Å². The molecule has 0 aliphatic carbocycles. The van der Waals surface area contributed by atoms with E-state index in [1.54, 1.807) is 49.6 Å². The number of carbonyl (C=O) groups excluding carboxylic acids is 2. The maximum atomic E-state index is 12.4. The van der Waals surface area contributed by atoms with Gasteiger partial charge in [0.1, 0.15) is 12.4 Å². The van der Waals surface area contributed by atoms with E-state index in [4.69, 9.17) is 9.47 Å². The second kappa shape index (κ2) is 9.94. The molecular weight excluding hydrogens is 400 g/mol. The molecule has 0 bridgehead atoms. The van der Waals surface area contributed by atoms with E-state index < -0.39 is 0 Å². The zero-order chi connectivity index (χ0) is 18.9. The van der Waals surface area contributed by atoms with Gasteiger partial charge in [-0.1, -0.05) is 0 Å². The Morgan fingerprint density at radius 3 is 2.31 bits per heavy atom. The molecule has 2 N–H and O–H groups in total. The Morgan fingerprint density at radius 2 is 1.69 bits per heavy atom. The minimum atomic E-state index is -0.250. The van der Waals surface area contributed by atoms with Gasteiger partial charge in [0.15, 0.2) is 0 Å². The number of hydrogen-bond donors (Lipinski definition) is 2. The second-order valence-corrected chi connectivity index (χ2v) is 6.23. The van der Waals surface area contributed by atoms with Crippen molar-refractivity contribution in [3.05, 3.63) is 58.1 Å². The Kier molecular flexibility index (Phi) is 7.62. The summed E-state index contributed by atoms with van der Waals surface area (Å²) in [7, 11) is 1.61. The van der Waals surface area contributed by atoms with Gasteiger partial charge in [-0.05, 0) is 65.3 Å². The zero-order valence-corrected chi connectivity index (χ0v) is 16.3. The normalized spacial score (nSPS) is 10.3. The fourth-order valence-electron chi connectivity index (χ4n) is 2.16. The first-order chi connectivity index (χ1) is 12.5. The minimum absolute atomic E-state index is 0.140. The average Bonchev–Trinajstić information content (AvgIpc) is 2.64. The lowest BCUT2D eigenvalue weighted by atomic mass is 10.1. The average molecular weight is 421 g/mol. The lowest BCUT2D eigenvalue weighted by molar-refractivity contribution is 0.0955. The monoisotopic (exact) mass is 420 g/mol. The molecule has 2 amide bonds. The molecule has 7 heteroatoms. The molecule has 6 nitrogen and oxygen atoms in total. The van der Waals surface area contributed by atoms with Crippen molar-refractivity contribution < 1.29 is 19.1 Å². The molecule has 0 aliphatic rings. The number of rotatable bonds is 8. The van der Waals surface area contributed by atoms with Crippen molar-refractivity contribution in [3.8, 4) is 5.75 Å². The second-order valence-electron chi connectivity index (χ2n) is 5.38. The van der Waals surface area contributed by atoms with Gasteiger partial charge in [0.25, 0.3) is 11.8 Å². The topological polar surface area (TPSA) is 76.7 Å². The quantitative estimate of drug-likeness (QED) is 0.640. The van der Waals surface area contributed by atoms with Crippen LogP contribution in [-0.4, -0.2) is 38.7 Å². The van der Waals surface area contributed by atoms with Crippen molar-refractivity contribution in [1.82, 2.24) is 5.32 Å². The van der Waals surface area contributed by atoms with Crippen molar-refractivity contribution in [2.45, 2.75) is 6.92 Å². The fraction of sp³-hybridized carbons (Fsp3) is 0.263. The van der Waals surface area contributed by atoms with Crippen molar-refractivity contribution in [3.63, 3.8) is 0 Å². The van der Waals surface area contributed by atoms with Crippen molar-refractivity contribution in [1.29, 1.82) is 0 Å². The number of carbonyl (C=O) groups is 2. The van der Waals surface area contributed by atoms with E-state index in [-0.39, 0.29) is 11.8 Å². The van der Waals surface area contributed by atoms with Crippen molar-refractivity contribution in [2.24, 2.45) is 0 Å². The standard InChI is InChI=1S/C19H21BrN2O4/c1-3-21-18(23)13-4-7-15(8-5-13)22-19(24)14-6-9-17(16(20)12-14)26-11-10-25-2/h4-9,12H,3,10-11H2,1-2H3,(H,21,23)(H,22,24). The van der Waals surface area contributed by atoms with Crippen LogP contribution in [0, 0.1) is 0 Å². The SMILES string of the molecule is CCNC(=O)c1ccc(NC(=O)c2ccc(OCCOC)c(Br)c2)cc1. The Balaban J connectivity index is 2.01. The molecule has 2 aromatic rings. The number of anilines is 1. The highest BCUT2D eigenvalue weighted by Crippen LogP contribution is 2.26. The fourth-order valence-corrected chi connectivity index (χ4v) is 2.66. The van der Waals surface area contributed by atoms with Gasteiger partial charge < -0.3 is 20.1 Å². The lowest BCUT2D eigenvalue weighted by Crippen LogP contribution is -2.22. The van der Waals surface area contributed by atoms with Gasteiger partial charge in [-0.15, -0.1) is 0 Å². The predicted octanol–water partition coefficient (Wildman–Crippen LogP) is 3.48. The van der Waals surface area contributed by atoms with Crippen LogP contribution in [0.5, 0.6) is 5.75 Å². The van der Waals surface area contributed by atoms with Gasteiger partial charge in [0, 0.05) is 30.5 Å². The van der Waals surface area contributed by atoms with Crippen LogP contribution < -0.4 is 15.4 Å². The summed E-state index contributed by atoms with van der Waals surface area (Å²) >= 11 is 3.40. The molecule has 2 rings (SSSR count). The summed E-state index contributed by atoms with van der Waals surface area (Å²) < 4.78 is 11.2. The number of halogens is 1. The van der Waals surface area contributed by atoms with Crippen LogP contribution in [0.4, 0.5) is 5.69 Å². The molecule has 138 valence electrons. The van der Waals surface area contributed by atoms with E-state index in [0.29, 0.717) is 46.8 Å². The highest BCUT2D eigenvalue weighted by atomic mass is 79.9. The van der Waals surface area contributed by atoms with Crippen LogP contribution in [0.1, 0.15) is 27.6 Å². The van der Waals surface area contributed by atoms with Crippen LogP contribution >= 0.6 is 15.9 Å². The maximum Gasteiger partial charge on any atom is 0.255 e. The number of nitrogens with one attached hydrogen (secondary N) is 2. The Morgan fingerprint density at radius 1 is 1.00 bits per heavy atom. The summed E-state index contributed by atoms with van der Waals surface area (Å²) in [6, 6.07) is 11.8. The molecular formula is C19H21BrN2O4. The zero-order valence-electron chi connectivity index (χ0n) is 14.7. The Hall–Kier alpha value is -2.38. The molecule has 2 aromatic carbocycles. The van der Waals surface area contributed by atoms with E-state index >= 15 is 0 Å². The van der Waals surface area contributed by atoms with E-state index in [1.165, 1.54) is 0 Å². The molecule has 0 heterocycles. The first-order valence-electron chi connectivity index (χ1n) is 8.16. The number of methoxy groups -OCH3 is 1. The van der Waals surface area contributed by atoms with Gasteiger partial charge in [-0.3, -0.25) is 9.59 Å². The van der Waals surface area contributed by atoms with E-state index in [1.807, 2.05) is 6.92 Å². The largest absolute Gasteiger partial charge is 0.490 e. The summed E-state index contributed by atoms with van der Waals surface area (Å²) in [5.41, 5.74) is 1.65. The van der Waals surface area contributed by atoms with E-state index in [0.717, 1.165) is 0 Å². The van der Waals surface area contributed by atoms with Gasteiger partial charge >= 0.3 is 0 Å². The lowest BCUT2D eigenvalue weighted by Gasteiger charge is -2.10. The molecule has 26 heavy (non-hydrogen) atoms. The molecule has 0 saturated heterocycles. The minimum Gasteiger partial charge on any atom is -0.490 e. The molecule has 0 fully saturated rings. The summed E-state index contributed by atoms with van der Waals surface area (Å²) in [6.07, 6.45) is 0. The molecule has 0 atom stereocenters. The third-order valence-corrected chi connectivity index (χ3v) is 4.10. The summed E-state index contributed by atoms with van der Waals surface area (Å²) in [4.78, 5) is 24.1. The first-order valence-corrected chi connectivity index (χ1v) is 8.95. The highest BCUT2D eigenvalue weighted by molar-refractivity contribution is 9.10. The molecule has 0 aromatic heterocycles. The van der Waals surface area contributed by atoms with E-state index in [9.17, 15) is 9.59 Å². The smallest absolute Gasteiger partial charge is 0.255 e.